The predicted octanol–water partition coefficient (Wildman–Crippen LogP) is 2.03. The Balaban J connectivity index is 2.18. The number of halogens is 1. The predicted molar refractivity (Wildman–Crippen MR) is 66.6 cm³/mol. The van der Waals surface area contributed by atoms with Gasteiger partial charge in [0.2, 0.25) is 0 Å². The average Bonchev–Trinajstić information content (AvgIpc) is 2.20. The molecule has 15 heavy (non-hydrogen) atoms. The van der Waals surface area contributed by atoms with Gasteiger partial charge in [0.05, 0.1) is 0 Å². The van der Waals surface area contributed by atoms with E-state index < -0.39 is 0 Å². The fourth-order valence-electron chi connectivity index (χ4n) is 1.35. The second-order valence-corrected chi connectivity index (χ2v) is 4.30. The molecule has 1 N–H and O–H groups in total. The van der Waals surface area contributed by atoms with Crippen molar-refractivity contribution >= 4 is 11.6 Å². The van der Waals surface area contributed by atoms with Crippen LogP contribution in [0.5, 0.6) is 0 Å². The minimum atomic E-state index is 0.868. The quantitative estimate of drug-likeness (QED) is 0.747. The van der Waals surface area contributed by atoms with E-state index in [0.29, 0.717) is 0 Å². The molecule has 2 nitrogen and oxygen atoms in total. The summed E-state index contributed by atoms with van der Waals surface area (Å²) in [6.45, 7) is 3.08. The van der Waals surface area contributed by atoms with Gasteiger partial charge in [0.25, 0.3) is 0 Å². The molecule has 0 spiro atoms. The number of hydrogen-bond donors (Lipinski definition) is 1. The normalized spacial score (nSPS) is 10.9. The Morgan fingerprint density at radius 3 is 2.60 bits per heavy atom. The molecule has 0 aliphatic rings. The molecule has 84 valence electrons. The van der Waals surface area contributed by atoms with Gasteiger partial charge in [-0.3, -0.25) is 0 Å². The highest BCUT2D eigenvalue weighted by Gasteiger charge is 1.97. The van der Waals surface area contributed by atoms with Crippen LogP contribution in [0, 0.1) is 0 Å². The van der Waals surface area contributed by atoms with Crippen LogP contribution in [0.1, 0.15) is 5.56 Å². The smallest absolute Gasteiger partial charge is 0.0438 e. The van der Waals surface area contributed by atoms with Crippen LogP contribution < -0.4 is 5.32 Å². The van der Waals surface area contributed by atoms with Crippen molar-refractivity contribution in [2.45, 2.75) is 6.42 Å². The Hall–Kier alpha value is -0.570. The topological polar surface area (TPSA) is 15.3 Å². The lowest BCUT2D eigenvalue weighted by molar-refractivity contribution is 0.401. The Bertz CT molecular complexity index is 287. The summed E-state index contributed by atoms with van der Waals surface area (Å²) < 4.78 is 0. The number of likely N-dealkylation sites (N-methyl/N-ethyl adjacent to an activating group) is 1. The summed E-state index contributed by atoms with van der Waals surface area (Å²) >= 11 is 6.05. The Labute approximate surface area is 97.2 Å². The maximum Gasteiger partial charge on any atom is 0.0438 e. The molecule has 0 amide bonds. The van der Waals surface area contributed by atoms with Crippen molar-refractivity contribution in [3.63, 3.8) is 0 Å². The molecule has 0 aliphatic carbocycles. The van der Waals surface area contributed by atoms with E-state index in [0.717, 1.165) is 31.1 Å². The van der Waals surface area contributed by atoms with Crippen LogP contribution in [0.25, 0.3) is 0 Å². The van der Waals surface area contributed by atoms with Crippen molar-refractivity contribution in [2.24, 2.45) is 0 Å². The molecule has 0 saturated carbocycles. The standard InChI is InChI=1S/C12H19ClN2/c1-15(2)10-9-14-8-7-11-5-3-4-6-12(11)13/h3-6,14H,7-10H2,1-2H3. The third kappa shape index (κ3) is 5.17. The monoisotopic (exact) mass is 226 g/mol. The number of benzene rings is 1. The molecule has 0 aromatic heterocycles. The largest absolute Gasteiger partial charge is 0.315 e. The van der Waals surface area contributed by atoms with Crippen LogP contribution in [-0.4, -0.2) is 38.6 Å². The zero-order valence-electron chi connectivity index (χ0n) is 9.46. The van der Waals surface area contributed by atoms with Gasteiger partial charge in [-0.15, -0.1) is 0 Å². The van der Waals surface area contributed by atoms with Gasteiger partial charge in [-0.1, -0.05) is 29.8 Å². The molecular formula is C12H19ClN2. The van der Waals surface area contributed by atoms with Crippen molar-refractivity contribution < 1.29 is 0 Å². The van der Waals surface area contributed by atoms with Gasteiger partial charge in [-0.2, -0.15) is 0 Å². The summed E-state index contributed by atoms with van der Waals surface area (Å²) in [5.74, 6) is 0. The van der Waals surface area contributed by atoms with Crippen molar-refractivity contribution in [1.82, 2.24) is 10.2 Å². The molecule has 0 unspecified atom stereocenters. The highest BCUT2D eigenvalue weighted by Crippen LogP contribution is 2.14. The summed E-state index contributed by atoms with van der Waals surface area (Å²) in [6.07, 6.45) is 0.993. The van der Waals surface area contributed by atoms with E-state index in [-0.39, 0.29) is 0 Å². The third-order valence-corrected chi connectivity index (χ3v) is 2.63. The lowest BCUT2D eigenvalue weighted by Gasteiger charge is -2.10. The lowest BCUT2D eigenvalue weighted by Crippen LogP contribution is -2.27. The third-order valence-electron chi connectivity index (χ3n) is 2.26. The summed E-state index contributed by atoms with van der Waals surface area (Å²) in [6, 6.07) is 8.01. The van der Waals surface area contributed by atoms with E-state index in [2.05, 4.69) is 30.4 Å². The molecule has 0 bridgehead atoms. The maximum atomic E-state index is 6.05. The summed E-state index contributed by atoms with van der Waals surface area (Å²) in [4.78, 5) is 2.17. The Morgan fingerprint density at radius 1 is 1.20 bits per heavy atom. The SMILES string of the molecule is CN(C)CCNCCc1ccccc1Cl. The van der Waals surface area contributed by atoms with Crippen LogP contribution in [0.15, 0.2) is 24.3 Å². The minimum absolute atomic E-state index is 0.868. The van der Waals surface area contributed by atoms with E-state index in [4.69, 9.17) is 11.6 Å². The van der Waals surface area contributed by atoms with Gasteiger partial charge in [0.15, 0.2) is 0 Å². The lowest BCUT2D eigenvalue weighted by atomic mass is 10.1. The van der Waals surface area contributed by atoms with E-state index in [1.807, 2.05) is 18.2 Å². The van der Waals surface area contributed by atoms with Crippen LogP contribution in [0.2, 0.25) is 5.02 Å². The van der Waals surface area contributed by atoms with Gasteiger partial charge in [-0.05, 0) is 38.7 Å². The highest BCUT2D eigenvalue weighted by molar-refractivity contribution is 6.31. The molecule has 1 rings (SSSR count). The minimum Gasteiger partial charge on any atom is -0.315 e. The summed E-state index contributed by atoms with van der Waals surface area (Å²) in [5, 5.41) is 4.26. The number of rotatable bonds is 6. The van der Waals surface area contributed by atoms with E-state index in [1.165, 1.54) is 5.56 Å². The van der Waals surface area contributed by atoms with Gasteiger partial charge in [0.1, 0.15) is 0 Å². The van der Waals surface area contributed by atoms with Gasteiger partial charge >= 0.3 is 0 Å². The van der Waals surface area contributed by atoms with Crippen molar-refractivity contribution in [1.29, 1.82) is 0 Å². The van der Waals surface area contributed by atoms with Gasteiger partial charge in [0, 0.05) is 18.1 Å². The zero-order valence-corrected chi connectivity index (χ0v) is 10.2. The first-order chi connectivity index (χ1) is 7.20. The molecule has 0 saturated heterocycles. The van der Waals surface area contributed by atoms with Crippen molar-refractivity contribution in [2.75, 3.05) is 33.7 Å². The molecular weight excluding hydrogens is 208 g/mol. The first kappa shape index (κ1) is 12.5. The van der Waals surface area contributed by atoms with E-state index in [1.54, 1.807) is 0 Å². The number of nitrogens with one attached hydrogen (secondary N) is 1. The van der Waals surface area contributed by atoms with Crippen LogP contribution in [0.3, 0.4) is 0 Å². The average molecular weight is 227 g/mol. The fraction of sp³-hybridized carbons (Fsp3) is 0.500. The Morgan fingerprint density at radius 2 is 1.93 bits per heavy atom. The molecule has 0 heterocycles. The maximum absolute atomic E-state index is 6.05. The summed E-state index contributed by atoms with van der Waals surface area (Å²) in [5.41, 5.74) is 1.22. The van der Waals surface area contributed by atoms with Gasteiger partial charge < -0.3 is 10.2 Å². The molecule has 0 aliphatic heterocycles. The van der Waals surface area contributed by atoms with E-state index >= 15 is 0 Å². The van der Waals surface area contributed by atoms with Crippen LogP contribution >= 0.6 is 11.6 Å². The molecule has 0 fully saturated rings. The van der Waals surface area contributed by atoms with Crippen molar-refractivity contribution in [3.8, 4) is 0 Å². The highest BCUT2D eigenvalue weighted by atomic mass is 35.5. The van der Waals surface area contributed by atoms with Gasteiger partial charge in [-0.25, -0.2) is 0 Å². The molecule has 1 aromatic carbocycles. The number of hydrogen-bond acceptors (Lipinski definition) is 2. The number of nitrogens with zero attached hydrogens (tertiary/aromatic N) is 1. The summed E-state index contributed by atoms with van der Waals surface area (Å²) in [7, 11) is 4.16. The molecule has 3 heteroatoms. The fourth-order valence-corrected chi connectivity index (χ4v) is 1.58. The second kappa shape index (κ2) is 6.83. The first-order valence-electron chi connectivity index (χ1n) is 5.29. The molecule has 0 atom stereocenters. The second-order valence-electron chi connectivity index (χ2n) is 3.89. The van der Waals surface area contributed by atoms with Crippen LogP contribution in [-0.2, 0) is 6.42 Å². The van der Waals surface area contributed by atoms with Crippen LogP contribution in [0.4, 0.5) is 0 Å². The Kier molecular flexibility index (Phi) is 5.69. The molecule has 0 radical (unpaired) electrons. The molecule has 1 aromatic rings. The first-order valence-corrected chi connectivity index (χ1v) is 5.67. The van der Waals surface area contributed by atoms with E-state index in [9.17, 15) is 0 Å². The van der Waals surface area contributed by atoms with Crippen molar-refractivity contribution in [3.05, 3.63) is 34.9 Å². The zero-order chi connectivity index (χ0) is 11.1.